The van der Waals surface area contributed by atoms with E-state index < -0.39 is 28.9 Å². The predicted molar refractivity (Wildman–Crippen MR) is 130 cm³/mol. The van der Waals surface area contributed by atoms with Gasteiger partial charge in [-0.25, -0.2) is 14.2 Å². The molecule has 2 aromatic heterocycles. The van der Waals surface area contributed by atoms with Crippen LogP contribution in [0.15, 0.2) is 43.7 Å². The fourth-order valence-electron chi connectivity index (χ4n) is 3.70. The highest BCUT2D eigenvalue weighted by molar-refractivity contribution is 9.11. The molecule has 0 amide bonds. The number of nitrogens with zero attached hydrogens (tertiary/aromatic N) is 2. The van der Waals surface area contributed by atoms with Gasteiger partial charge in [0.25, 0.3) is 5.56 Å². The van der Waals surface area contributed by atoms with Crippen LogP contribution in [0.3, 0.4) is 0 Å². The van der Waals surface area contributed by atoms with Gasteiger partial charge in [0.15, 0.2) is 0 Å². The van der Waals surface area contributed by atoms with Crippen molar-refractivity contribution in [2.24, 2.45) is 0 Å². The van der Waals surface area contributed by atoms with Crippen LogP contribution in [0.25, 0.3) is 10.2 Å². The number of halogens is 1. The van der Waals surface area contributed by atoms with Gasteiger partial charge < -0.3 is 9.47 Å². The molecule has 0 saturated carbocycles. The van der Waals surface area contributed by atoms with Crippen molar-refractivity contribution < 1.29 is 14.3 Å². The third-order valence-electron chi connectivity index (χ3n) is 5.35. The minimum atomic E-state index is -1.49. The Hall–Kier alpha value is -2.23. The maximum Gasteiger partial charge on any atom is 0.333 e. The molecule has 0 N–H and O–H groups in total. The molecule has 0 bridgehead atoms. The van der Waals surface area contributed by atoms with Crippen LogP contribution in [0, 0.1) is 6.92 Å². The van der Waals surface area contributed by atoms with Crippen LogP contribution in [-0.2, 0) is 26.4 Å². The molecule has 0 spiro atoms. The van der Waals surface area contributed by atoms with Gasteiger partial charge in [0, 0.05) is 0 Å². The molecule has 0 aliphatic heterocycles. The van der Waals surface area contributed by atoms with Crippen molar-refractivity contribution in [3.63, 3.8) is 0 Å². The molecule has 2 heterocycles. The van der Waals surface area contributed by atoms with Gasteiger partial charge in [0.2, 0.25) is 0 Å². The molecular weight excluding hydrogens is 496 g/mol. The lowest BCUT2D eigenvalue weighted by Crippen LogP contribution is -2.53. The maximum atomic E-state index is 13.7. The SMILES string of the molecule is COC(=O)C(C)(C)n1c(=O)c2c(C)c(Br)sc2n(C[C@H](OC(C)C)c2ccccc2)c1=O. The number of benzene rings is 1. The molecule has 3 rings (SSSR count). The molecule has 0 unspecified atom stereocenters. The summed E-state index contributed by atoms with van der Waals surface area (Å²) in [6.45, 7) is 8.87. The number of aromatic nitrogens is 2. The van der Waals surface area contributed by atoms with E-state index in [-0.39, 0.29) is 12.6 Å². The van der Waals surface area contributed by atoms with E-state index in [2.05, 4.69) is 15.9 Å². The number of hydrogen-bond acceptors (Lipinski definition) is 6. The lowest BCUT2D eigenvalue weighted by molar-refractivity contribution is -0.149. The number of rotatable bonds is 7. The second-order valence-corrected chi connectivity index (χ2v) is 10.7. The number of hydrogen-bond donors (Lipinski definition) is 0. The van der Waals surface area contributed by atoms with E-state index in [9.17, 15) is 14.4 Å². The van der Waals surface area contributed by atoms with Crippen molar-refractivity contribution in [3.05, 3.63) is 66.1 Å². The number of esters is 1. The molecule has 0 saturated heterocycles. The first-order valence-corrected chi connectivity index (χ1v) is 11.8. The highest BCUT2D eigenvalue weighted by atomic mass is 79.9. The first-order chi connectivity index (χ1) is 15.0. The zero-order valence-corrected chi connectivity index (χ0v) is 21.4. The average molecular weight is 523 g/mol. The summed E-state index contributed by atoms with van der Waals surface area (Å²) >= 11 is 4.82. The van der Waals surface area contributed by atoms with Crippen LogP contribution < -0.4 is 11.2 Å². The van der Waals surface area contributed by atoms with Gasteiger partial charge in [-0.3, -0.25) is 9.36 Å². The van der Waals surface area contributed by atoms with Crippen molar-refractivity contribution in [3.8, 4) is 0 Å². The van der Waals surface area contributed by atoms with Crippen molar-refractivity contribution in [1.29, 1.82) is 0 Å². The lowest BCUT2D eigenvalue weighted by Gasteiger charge is -2.27. The van der Waals surface area contributed by atoms with Gasteiger partial charge >= 0.3 is 11.7 Å². The molecule has 32 heavy (non-hydrogen) atoms. The summed E-state index contributed by atoms with van der Waals surface area (Å²) in [7, 11) is 1.24. The maximum absolute atomic E-state index is 13.7. The largest absolute Gasteiger partial charge is 0.467 e. The lowest BCUT2D eigenvalue weighted by atomic mass is 10.1. The summed E-state index contributed by atoms with van der Waals surface area (Å²) in [6.07, 6.45) is -0.508. The molecule has 0 aliphatic carbocycles. The Morgan fingerprint density at radius 1 is 1.19 bits per heavy atom. The zero-order valence-electron chi connectivity index (χ0n) is 19.0. The van der Waals surface area contributed by atoms with E-state index in [0.717, 1.165) is 19.5 Å². The molecule has 1 atom stereocenters. The first-order valence-electron chi connectivity index (χ1n) is 10.2. The van der Waals surface area contributed by atoms with Gasteiger partial charge in [-0.1, -0.05) is 30.3 Å². The summed E-state index contributed by atoms with van der Waals surface area (Å²) in [4.78, 5) is 40.2. The fourth-order valence-corrected chi connectivity index (χ4v) is 5.39. The summed E-state index contributed by atoms with van der Waals surface area (Å²) in [5.74, 6) is -0.674. The van der Waals surface area contributed by atoms with E-state index >= 15 is 0 Å². The van der Waals surface area contributed by atoms with Crippen molar-refractivity contribution in [1.82, 2.24) is 9.13 Å². The Balaban J connectivity index is 2.33. The standard InChI is InChI=1S/C23H27BrN2O5S/c1-13(2)31-16(15-10-8-7-9-11-15)12-25-20-17(14(3)18(24)32-20)19(27)26(22(25)29)23(4,5)21(28)30-6/h7-11,13,16H,12H2,1-6H3/t16-/m0/s1. The summed E-state index contributed by atoms with van der Waals surface area (Å²) in [5.41, 5.74) is -0.948. The summed E-state index contributed by atoms with van der Waals surface area (Å²) in [5, 5.41) is 0.398. The van der Waals surface area contributed by atoms with Crippen molar-refractivity contribution in [2.75, 3.05) is 7.11 Å². The molecule has 3 aromatic rings. The molecule has 0 aliphatic rings. The number of aryl methyl sites for hydroxylation is 1. The van der Waals surface area contributed by atoms with E-state index in [1.807, 2.05) is 51.1 Å². The minimum Gasteiger partial charge on any atom is -0.467 e. The molecule has 9 heteroatoms. The molecular formula is C23H27BrN2O5S. The third kappa shape index (κ3) is 4.33. The van der Waals surface area contributed by atoms with Crippen LogP contribution in [0.1, 0.15) is 44.9 Å². The van der Waals surface area contributed by atoms with E-state index in [1.165, 1.54) is 36.9 Å². The number of fused-ring (bicyclic) bond motifs is 1. The molecule has 1 aromatic carbocycles. The van der Waals surface area contributed by atoms with Crippen molar-refractivity contribution >= 4 is 43.5 Å². The second-order valence-electron chi connectivity index (χ2n) is 8.35. The normalized spacial score (nSPS) is 13.0. The smallest absolute Gasteiger partial charge is 0.333 e. The quantitative estimate of drug-likeness (QED) is 0.430. The van der Waals surface area contributed by atoms with E-state index in [1.54, 1.807) is 0 Å². The Kier molecular flexibility index (Phi) is 7.12. The Labute approximate surface area is 198 Å². The molecule has 0 radical (unpaired) electrons. The molecule has 172 valence electrons. The Morgan fingerprint density at radius 2 is 1.81 bits per heavy atom. The van der Waals surface area contributed by atoms with Crippen LogP contribution in [-0.4, -0.2) is 28.3 Å². The minimum absolute atomic E-state index is 0.0828. The molecule has 0 fully saturated rings. The number of thiophene rings is 1. The zero-order chi connectivity index (χ0) is 23.8. The van der Waals surface area contributed by atoms with Crippen LogP contribution >= 0.6 is 27.3 Å². The first kappa shape index (κ1) is 24.4. The van der Waals surface area contributed by atoms with Crippen LogP contribution in [0.5, 0.6) is 0 Å². The van der Waals surface area contributed by atoms with Crippen LogP contribution in [0.4, 0.5) is 0 Å². The number of carbonyl (C=O) groups excluding carboxylic acids is 1. The Bertz CT molecular complexity index is 1260. The Morgan fingerprint density at radius 3 is 2.38 bits per heavy atom. The summed E-state index contributed by atoms with van der Waals surface area (Å²) < 4.78 is 14.3. The number of carbonyl (C=O) groups is 1. The van der Waals surface area contributed by atoms with Gasteiger partial charge in [-0.2, -0.15) is 0 Å². The van der Waals surface area contributed by atoms with Gasteiger partial charge in [0.05, 0.1) is 28.9 Å². The van der Waals surface area contributed by atoms with Gasteiger partial charge in [-0.05, 0) is 61.7 Å². The second kappa shape index (κ2) is 9.33. The van der Waals surface area contributed by atoms with Gasteiger partial charge in [-0.15, -0.1) is 11.3 Å². The topological polar surface area (TPSA) is 79.5 Å². The van der Waals surface area contributed by atoms with Crippen LogP contribution in [0.2, 0.25) is 0 Å². The highest BCUT2D eigenvalue weighted by Gasteiger charge is 2.36. The van der Waals surface area contributed by atoms with E-state index in [0.29, 0.717) is 10.2 Å². The monoisotopic (exact) mass is 522 g/mol. The van der Waals surface area contributed by atoms with E-state index in [4.69, 9.17) is 9.47 Å². The number of methoxy groups -OCH3 is 1. The fraction of sp³-hybridized carbons (Fsp3) is 0.435. The third-order valence-corrected chi connectivity index (χ3v) is 7.54. The summed E-state index contributed by atoms with van der Waals surface area (Å²) in [6, 6.07) is 9.63. The molecule has 7 nitrogen and oxygen atoms in total. The number of ether oxygens (including phenoxy) is 2. The van der Waals surface area contributed by atoms with Crippen molar-refractivity contribution in [2.45, 2.75) is 58.9 Å². The average Bonchev–Trinajstić information content (AvgIpc) is 3.04. The predicted octanol–water partition coefficient (Wildman–Crippen LogP) is 4.37. The highest BCUT2D eigenvalue weighted by Crippen LogP contribution is 2.34. The van der Waals surface area contributed by atoms with Gasteiger partial charge in [0.1, 0.15) is 16.5 Å².